The highest BCUT2D eigenvalue weighted by molar-refractivity contribution is 7.90. The first kappa shape index (κ1) is 90.9. The van der Waals surface area contributed by atoms with Gasteiger partial charge in [0.15, 0.2) is 0 Å². The topological polar surface area (TPSA) is 417 Å². The molecule has 2 aliphatic heterocycles. The molecule has 0 radical (unpaired) electrons. The van der Waals surface area contributed by atoms with E-state index < -0.39 is 160 Å². The van der Waals surface area contributed by atoms with E-state index in [1.807, 2.05) is 139 Å². The number of nitrogens with one attached hydrogen (secondary N) is 11. The second-order valence-electron chi connectivity index (χ2n) is 32.6. The number of rotatable bonds is 38. The van der Waals surface area contributed by atoms with Gasteiger partial charge < -0.3 is 73.1 Å². The van der Waals surface area contributed by atoms with E-state index in [0.717, 1.165) is 11.1 Å². The van der Waals surface area contributed by atoms with Crippen molar-refractivity contribution in [1.29, 1.82) is 5.41 Å². The normalized spacial score (nSPS) is 15.4. The van der Waals surface area contributed by atoms with Crippen LogP contribution < -0.4 is 67.8 Å². The molecular weight excluding hydrogens is 1540 g/mol. The summed E-state index contributed by atoms with van der Waals surface area (Å²) in [6, 6.07) is 41.3. The highest BCUT2D eigenvalue weighted by atomic mass is 32.2. The van der Waals surface area contributed by atoms with Gasteiger partial charge in [0.25, 0.3) is 10.0 Å². The lowest BCUT2D eigenvalue weighted by Crippen LogP contribution is -2.60. The molecule has 28 nitrogen and oxygen atoms in total. The molecule has 14 N–H and O–H groups in total. The number of likely N-dealkylation sites (tertiary alicyclic amines) is 1. The van der Waals surface area contributed by atoms with Crippen LogP contribution in [0.5, 0.6) is 11.5 Å². The van der Waals surface area contributed by atoms with E-state index in [1.165, 1.54) is 11.8 Å². The van der Waals surface area contributed by atoms with Crippen LogP contribution in [0.4, 0.5) is 0 Å². The number of amides is 9. The average Bonchev–Trinajstić information content (AvgIpc) is 1.67. The molecule has 1 saturated heterocycles. The van der Waals surface area contributed by atoms with Gasteiger partial charge in [-0.3, -0.25) is 48.6 Å². The third-order valence-electron chi connectivity index (χ3n) is 20.9. The molecule has 0 spiro atoms. The third kappa shape index (κ3) is 25.0. The lowest BCUT2D eigenvalue weighted by molar-refractivity contribution is -0.143. The number of nitrogens with two attached hydrogens (primary N) is 1. The Labute approximate surface area is 696 Å². The van der Waals surface area contributed by atoms with E-state index in [2.05, 4.69) is 52.6 Å². The van der Waals surface area contributed by atoms with Crippen molar-refractivity contribution in [3.63, 3.8) is 0 Å². The van der Waals surface area contributed by atoms with Gasteiger partial charge in [-0.1, -0.05) is 178 Å². The standard InChI is InChI=1S/C90H113N13O15S/c1-55(2)49-72(99-83(110)71(51-60-29-17-12-18-30-60)96-76(105)54-94-79(106)59(6)95-80(107)68(91)50-62-41-43-66(44-42-62)117-88(7,8)9)85(112)103-48-28-40-74(103)84(111)98-70(45-46-75(104)101-90(63-33-21-14-22-34-63,64-35-23-15-24-36-64)65-37-25-16-26-38-65)82(109)97-69(81(108)100-73(86(113)114)52-61-31-19-13-20-32-61)39-27-47-93-87(92)102-119(115,116)78-57(4)56(3)77-67(58(78)5)53-89(10,11)118-77/h12-26,29-38,41-44,55,59,68-74H,27-28,39-40,45-54,91H2,1-11H3,(H,94,106)(H,95,107)(H,96,105)(H,97,109)(H,98,111)(H,99,110)(H,100,108)(H,101,104)(H,113,114)(H3,92,93,102)/t59-,68+,69+,70+,71+,72+,73+,74+/m1/s1. The van der Waals surface area contributed by atoms with Crippen LogP contribution in [-0.2, 0) is 89.2 Å². The minimum atomic E-state index is -4.39. The highest BCUT2D eigenvalue weighted by Gasteiger charge is 2.43. The second kappa shape index (κ2) is 40.9. The largest absolute Gasteiger partial charge is 0.488 e. The molecule has 8 atom stereocenters. The van der Waals surface area contributed by atoms with E-state index in [0.29, 0.717) is 62.4 Å². The Morgan fingerprint density at radius 2 is 1.09 bits per heavy atom. The van der Waals surface area contributed by atoms with Crippen molar-refractivity contribution in [3.8, 4) is 11.5 Å². The smallest absolute Gasteiger partial charge is 0.326 e. The van der Waals surface area contributed by atoms with Gasteiger partial charge in [-0.25, -0.2) is 17.9 Å². The SMILES string of the molecule is Cc1c(C)c(S(=O)(=O)NC(=N)NCCC[C@H](NC(=O)[C@H](CCC(=O)NC(c2ccccc2)(c2ccccc2)c2ccccc2)NC(=O)[C@@H]2CCCN2C(=O)[C@H](CC(C)C)NC(=O)[C@H](Cc2ccccc2)NC(=O)CNC(=O)[C@@H](C)NC(=O)[C@@H](N)Cc2ccc(OC(C)(C)C)cc2)C(=O)N[C@@H](Cc2ccccc2)C(=O)O)c(C)c2c1OC(C)(C)C2. The summed E-state index contributed by atoms with van der Waals surface area (Å²) < 4.78 is 42.8. The molecule has 7 aromatic rings. The fourth-order valence-corrected chi connectivity index (χ4v) is 16.5. The quantitative estimate of drug-likeness (QED) is 0.00787. The van der Waals surface area contributed by atoms with Gasteiger partial charge in [-0.05, 0) is 175 Å². The molecule has 119 heavy (non-hydrogen) atoms. The predicted molar refractivity (Wildman–Crippen MR) is 452 cm³/mol. The number of fused-ring (bicyclic) bond motifs is 1. The van der Waals surface area contributed by atoms with Crippen LogP contribution in [0.3, 0.4) is 0 Å². The number of aliphatic carboxylic acids is 1. The zero-order chi connectivity index (χ0) is 86.5. The van der Waals surface area contributed by atoms with Crippen LogP contribution in [0.15, 0.2) is 181 Å². The van der Waals surface area contributed by atoms with Crippen LogP contribution in [0, 0.1) is 32.1 Å². The molecule has 7 aromatic carbocycles. The van der Waals surface area contributed by atoms with Crippen molar-refractivity contribution in [2.24, 2.45) is 11.7 Å². The van der Waals surface area contributed by atoms with Crippen LogP contribution in [-0.4, -0.2) is 163 Å². The van der Waals surface area contributed by atoms with Gasteiger partial charge in [-0.2, -0.15) is 0 Å². The minimum Gasteiger partial charge on any atom is -0.488 e. The number of benzene rings is 7. The first-order chi connectivity index (χ1) is 56.4. The van der Waals surface area contributed by atoms with Crippen LogP contribution in [0.2, 0.25) is 0 Å². The van der Waals surface area contributed by atoms with Gasteiger partial charge >= 0.3 is 5.97 Å². The van der Waals surface area contributed by atoms with Crippen LogP contribution in [0.25, 0.3) is 0 Å². The Morgan fingerprint density at radius 3 is 1.63 bits per heavy atom. The molecule has 9 amide bonds. The molecule has 634 valence electrons. The molecule has 0 bridgehead atoms. The number of carboxylic acids is 1. The summed E-state index contributed by atoms with van der Waals surface area (Å²) in [7, 11) is -4.39. The Bertz CT molecular complexity index is 4770. The minimum absolute atomic E-state index is 0.00507. The molecule has 0 aliphatic carbocycles. The molecule has 29 heteroatoms. The number of sulfonamides is 1. The summed E-state index contributed by atoms with van der Waals surface area (Å²) in [5.74, 6) is -7.92. The van der Waals surface area contributed by atoms with E-state index in [9.17, 15) is 42.3 Å². The Morgan fingerprint density at radius 1 is 0.588 bits per heavy atom. The number of carboxylic acid groups (broad SMARTS) is 1. The lowest BCUT2D eigenvalue weighted by Gasteiger charge is -2.37. The lowest BCUT2D eigenvalue weighted by atomic mass is 9.77. The van der Waals surface area contributed by atoms with E-state index in [4.69, 9.17) is 20.6 Å². The van der Waals surface area contributed by atoms with Gasteiger partial charge in [-0.15, -0.1) is 0 Å². The number of guanidine groups is 1. The maximum Gasteiger partial charge on any atom is 0.326 e. The summed E-state index contributed by atoms with van der Waals surface area (Å²) in [5.41, 5.74) is 10.2. The molecule has 1 fully saturated rings. The zero-order valence-corrected chi connectivity index (χ0v) is 70.3. The number of carbonyl (C=O) groups excluding carboxylic acids is 9. The maximum absolute atomic E-state index is 15.5. The summed E-state index contributed by atoms with van der Waals surface area (Å²) >= 11 is 0. The molecule has 0 aromatic heterocycles. The van der Waals surface area contributed by atoms with Crippen molar-refractivity contribution in [2.75, 3.05) is 19.6 Å². The number of nitrogens with zero attached hydrogens (tertiary/aromatic N) is 1. The van der Waals surface area contributed by atoms with Gasteiger partial charge in [0.05, 0.1) is 17.5 Å². The summed E-state index contributed by atoms with van der Waals surface area (Å²) in [6.07, 6.45) is -0.422. The van der Waals surface area contributed by atoms with Crippen LogP contribution in [0.1, 0.15) is 156 Å². The predicted octanol–water partition coefficient (Wildman–Crippen LogP) is 7.20. The van der Waals surface area contributed by atoms with Gasteiger partial charge in [0.1, 0.15) is 70.5 Å². The van der Waals surface area contributed by atoms with Gasteiger partial charge in [0.2, 0.25) is 59.1 Å². The molecule has 0 unspecified atom stereocenters. The van der Waals surface area contributed by atoms with E-state index >= 15 is 19.2 Å². The average molecular weight is 1650 g/mol. The number of hydrogen-bond donors (Lipinski definition) is 13. The molecule has 2 aliphatic rings. The number of hydrogen-bond acceptors (Lipinski definition) is 16. The molecule has 9 rings (SSSR count). The van der Waals surface area contributed by atoms with Crippen molar-refractivity contribution in [1.82, 2.24) is 57.5 Å². The Balaban J connectivity index is 0.948. The van der Waals surface area contributed by atoms with Crippen molar-refractivity contribution in [2.45, 2.75) is 217 Å². The van der Waals surface area contributed by atoms with Crippen molar-refractivity contribution >= 4 is 75.1 Å². The highest BCUT2D eigenvalue weighted by Crippen LogP contribution is 2.44. The fourth-order valence-electron chi connectivity index (χ4n) is 15.0. The number of carbonyl (C=O) groups is 10. The monoisotopic (exact) mass is 1650 g/mol. The second-order valence-corrected chi connectivity index (χ2v) is 34.2. The zero-order valence-electron chi connectivity index (χ0n) is 69.4. The first-order valence-corrected chi connectivity index (χ1v) is 41.8. The summed E-state index contributed by atoms with van der Waals surface area (Å²) in [5, 5.41) is 44.2. The third-order valence-corrected chi connectivity index (χ3v) is 22.6. The number of ether oxygens (including phenoxy) is 2. The molecule has 2 heterocycles. The first-order valence-electron chi connectivity index (χ1n) is 40.3. The van der Waals surface area contributed by atoms with Gasteiger partial charge in [0, 0.05) is 44.3 Å². The summed E-state index contributed by atoms with van der Waals surface area (Å²) in [4.78, 5) is 146. The Hall–Kier alpha value is -12.0. The van der Waals surface area contributed by atoms with Crippen LogP contribution >= 0.6 is 0 Å². The van der Waals surface area contributed by atoms with Crippen molar-refractivity contribution < 1.29 is 70.9 Å². The van der Waals surface area contributed by atoms with E-state index in [-0.39, 0.29) is 75.3 Å². The Kier molecular flexibility index (Phi) is 31.3. The van der Waals surface area contributed by atoms with Crippen molar-refractivity contribution in [3.05, 3.63) is 232 Å². The maximum atomic E-state index is 15.5. The molecular formula is C90H113N13O15S. The summed E-state index contributed by atoms with van der Waals surface area (Å²) in [6.45, 7) is 19.0. The fraction of sp³-hybridized carbons (Fsp3) is 0.411. The van der Waals surface area contributed by atoms with E-state index in [1.54, 1.807) is 106 Å². The molecule has 0 saturated carbocycles.